The number of nitrogens with one attached hydrogen (secondary N) is 1. The molecule has 8 heteroatoms. The van der Waals surface area contributed by atoms with Gasteiger partial charge in [0.15, 0.2) is 5.96 Å². The number of guanidine groups is 1. The molecule has 28 heavy (non-hydrogen) atoms. The molecule has 8 nitrogen and oxygen atoms in total. The smallest absolute Gasteiger partial charge is 0.243 e. The summed E-state index contributed by atoms with van der Waals surface area (Å²) in [4.78, 5) is 19.9. The Bertz CT molecular complexity index is 628. The van der Waals surface area contributed by atoms with Gasteiger partial charge in [-0.25, -0.2) is 4.99 Å². The standard InChI is InChI=1S/C20H32N4O4/c1-23(2)19(25)14-22-20(21-13-16-9-11-27-15-16)24(3)10-12-28-18-7-5-17(26-4)6-8-18/h5-8,16H,9-15H2,1-4H3,(H,21,22). The number of carbonyl (C=O) groups excluding carboxylic acids is 1. The number of hydrogen-bond acceptors (Lipinski definition) is 5. The number of nitrogens with zero attached hydrogens (tertiary/aromatic N) is 3. The van der Waals surface area contributed by atoms with E-state index in [1.54, 1.807) is 26.1 Å². The second kappa shape index (κ2) is 11.4. The first-order chi connectivity index (χ1) is 13.5. The Morgan fingerprint density at radius 3 is 2.57 bits per heavy atom. The third-order valence-corrected chi connectivity index (χ3v) is 4.55. The molecule has 0 saturated carbocycles. The van der Waals surface area contributed by atoms with Crippen molar-refractivity contribution in [2.45, 2.75) is 6.42 Å². The molecule has 1 fully saturated rings. The van der Waals surface area contributed by atoms with Gasteiger partial charge in [0.2, 0.25) is 5.91 Å². The van der Waals surface area contributed by atoms with Crippen molar-refractivity contribution in [3.8, 4) is 11.5 Å². The number of rotatable bonds is 9. The van der Waals surface area contributed by atoms with E-state index >= 15 is 0 Å². The largest absolute Gasteiger partial charge is 0.497 e. The zero-order chi connectivity index (χ0) is 20.4. The van der Waals surface area contributed by atoms with Crippen molar-refractivity contribution in [3.05, 3.63) is 24.3 Å². The van der Waals surface area contributed by atoms with Gasteiger partial charge >= 0.3 is 0 Å². The van der Waals surface area contributed by atoms with Gasteiger partial charge in [-0.05, 0) is 30.7 Å². The van der Waals surface area contributed by atoms with Gasteiger partial charge in [-0.2, -0.15) is 0 Å². The summed E-state index contributed by atoms with van der Waals surface area (Å²) < 4.78 is 16.4. The minimum Gasteiger partial charge on any atom is -0.497 e. The lowest BCUT2D eigenvalue weighted by molar-refractivity contribution is -0.127. The predicted molar refractivity (Wildman–Crippen MR) is 109 cm³/mol. The fraction of sp³-hybridized carbons (Fsp3) is 0.600. The maximum atomic E-state index is 11.9. The third kappa shape index (κ3) is 7.26. The summed E-state index contributed by atoms with van der Waals surface area (Å²) in [6.07, 6.45) is 1.04. The Hall–Kier alpha value is -2.48. The molecule has 1 aliphatic heterocycles. The average Bonchev–Trinajstić information content (AvgIpc) is 3.21. The van der Waals surface area contributed by atoms with Crippen molar-refractivity contribution >= 4 is 11.9 Å². The Balaban J connectivity index is 1.87. The van der Waals surface area contributed by atoms with Gasteiger partial charge in [0.05, 0.1) is 20.3 Å². The maximum absolute atomic E-state index is 11.9. The van der Waals surface area contributed by atoms with Crippen LogP contribution in [0.2, 0.25) is 0 Å². The molecule has 0 radical (unpaired) electrons. The lowest BCUT2D eigenvalue weighted by Crippen LogP contribution is -2.43. The van der Waals surface area contributed by atoms with E-state index in [-0.39, 0.29) is 12.5 Å². The van der Waals surface area contributed by atoms with Crippen LogP contribution in [0.3, 0.4) is 0 Å². The zero-order valence-electron chi connectivity index (χ0n) is 17.3. The molecule has 1 unspecified atom stereocenters. The van der Waals surface area contributed by atoms with Crippen molar-refractivity contribution in [2.75, 3.05) is 67.7 Å². The molecule has 1 aromatic rings. The highest BCUT2D eigenvalue weighted by Gasteiger charge is 2.17. The first-order valence-corrected chi connectivity index (χ1v) is 9.53. The topological polar surface area (TPSA) is 75.6 Å². The number of ether oxygens (including phenoxy) is 3. The predicted octanol–water partition coefficient (Wildman–Crippen LogP) is 1.08. The molecular weight excluding hydrogens is 360 g/mol. The Morgan fingerprint density at radius 1 is 1.25 bits per heavy atom. The molecule has 1 atom stereocenters. The van der Waals surface area contributed by atoms with Crippen LogP contribution < -0.4 is 14.8 Å². The van der Waals surface area contributed by atoms with E-state index in [2.05, 4.69) is 10.3 Å². The lowest BCUT2D eigenvalue weighted by atomic mass is 10.1. The van der Waals surface area contributed by atoms with E-state index in [0.29, 0.717) is 25.0 Å². The van der Waals surface area contributed by atoms with Crippen LogP contribution in [-0.4, -0.2) is 89.4 Å². The monoisotopic (exact) mass is 392 g/mol. The van der Waals surface area contributed by atoms with Crippen molar-refractivity contribution in [1.82, 2.24) is 15.1 Å². The van der Waals surface area contributed by atoms with Gasteiger partial charge in [0.25, 0.3) is 0 Å². The fourth-order valence-corrected chi connectivity index (χ4v) is 2.65. The molecule has 0 aliphatic carbocycles. The van der Waals surface area contributed by atoms with Crippen molar-refractivity contribution in [3.63, 3.8) is 0 Å². The summed E-state index contributed by atoms with van der Waals surface area (Å²) >= 11 is 0. The van der Waals surface area contributed by atoms with E-state index in [9.17, 15) is 4.79 Å². The summed E-state index contributed by atoms with van der Waals surface area (Å²) in [5.41, 5.74) is 0. The van der Waals surface area contributed by atoms with Gasteiger partial charge < -0.3 is 29.3 Å². The third-order valence-electron chi connectivity index (χ3n) is 4.55. The van der Waals surface area contributed by atoms with E-state index in [1.165, 1.54) is 0 Å². The molecule has 2 rings (SSSR count). The molecule has 1 heterocycles. The van der Waals surface area contributed by atoms with Gasteiger partial charge in [-0.1, -0.05) is 0 Å². The second-order valence-corrected chi connectivity index (χ2v) is 6.98. The molecule has 0 bridgehead atoms. The number of benzene rings is 1. The van der Waals surface area contributed by atoms with E-state index in [1.807, 2.05) is 36.2 Å². The molecule has 156 valence electrons. The van der Waals surface area contributed by atoms with Gasteiger partial charge in [0, 0.05) is 40.2 Å². The number of likely N-dealkylation sites (N-methyl/N-ethyl adjacent to an activating group) is 2. The van der Waals surface area contributed by atoms with Crippen LogP contribution in [0.15, 0.2) is 29.3 Å². The van der Waals surface area contributed by atoms with Crippen molar-refractivity contribution < 1.29 is 19.0 Å². The average molecular weight is 393 g/mol. The first kappa shape index (κ1) is 21.8. The van der Waals surface area contributed by atoms with Crippen molar-refractivity contribution in [2.24, 2.45) is 10.9 Å². The molecule has 1 aliphatic rings. The molecule has 0 aromatic heterocycles. The minimum absolute atomic E-state index is 0.0358. The summed E-state index contributed by atoms with van der Waals surface area (Å²) in [5, 5.41) is 3.37. The fourth-order valence-electron chi connectivity index (χ4n) is 2.65. The number of hydrogen-bond donors (Lipinski definition) is 1. The highest BCUT2D eigenvalue weighted by molar-refractivity contribution is 5.84. The van der Waals surface area contributed by atoms with Crippen molar-refractivity contribution in [1.29, 1.82) is 0 Å². The minimum atomic E-state index is -0.0358. The summed E-state index contributed by atoms with van der Waals surface area (Å²) in [5.74, 6) is 2.71. The van der Waals surface area contributed by atoms with Gasteiger partial charge in [-0.3, -0.25) is 4.79 Å². The Kier molecular flexibility index (Phi) is 8.87. The molecule has 0 spiro atoms. The maximum Gasteiger partial charge on any atom is 0.243 e. The quantitative estimate of drug-likeness (QED) is 0.501. The van der Waals surface area contributed by atoms with Crippen LogP contribution in [0.5, 0.6) is 11.5 Å². The number of carbonyl (C=O) groups is 1. The Labute approximate surface area is 167 Å². The molecule has 1 aromatic carbocycles. The first-order valence-electron chi connectivity index (χ1n) is 9.53. The zero-order valence-corrected chi connectivity index (χ0v) is 17.3. The number of methoxy groups -OCH3 is 1. The molecule has 1 N–H and O–H groups in total. The summed E-state index contributed by atoms with van der Waals surface area (Å²) in [7, 11) is 7.03. The van der Waals surface area contributed by atoms with E-state index in [4.69, 9.17) is 14.2 Å². The van der Waals surface area contributed by atoms with E-state index in [0.717, 1.165) is 37.7 Å². The molecular formula is C20H32N4O4. The Morgan fingerprint density at radius 2 is 1.96 bits per heavy atom. The molecule has 1 saturated heterocycles. The van der Waals surface area contributed by atoms with Gasteiger partial charge in [-0.15, -0.1) is 0 Å². The normalized spacial score (nSPS) is 16.6. The number of amides is 1. The highest BCUT2D eigenvalue weighted by atomic mass is 16.5. The van der Waals surface area contributed by atoms with Crippen LogP contribution >= 0.6 is 0 Å². The van der Waals surface area contributed by atoms with Crippen LogP contribution in [0.25, 0.3) is 0 Å². The summed E-state index contributed by atoms with van der Waals surface area (Å²) in [6, 6.07) is 7.48. The number of aliphatic imine (C=N–C) groups is 1. The van der Waals surface area contributed by atoms with Crippen LogP contribution in [0.4, 0.5) is 0 Å². The van der Waals surface area contributed by atoms with Crippen LogP contribution in [-0.2, 0) is 9.53 Å². The SMILES string of the molecule is COc1ccc(OCCN(C)C(=NCC(=O)N(C)C)NCC2CCOC2)cc1. The lowest BCUT2D eigenvalue weighted by Gasteiger charge is -2.24. The second-order valence-electron chi connectivity index (χ2n) is 6.98. The summed E-state index contributed by atoms with van der Waals surface area (Å²) in [6.45, 7) is 3.59. The van der Waals surface area contributed by atoms with Gasteiger partial charge in [0.1, 0.15) is 24.7 Å². The van der Waals surface area contributed by atoms with Crippen LogP contribution in [0, 0.1) is 5.92 Å². The van der Waals surface area contributed by atoms with Crippen LogP contribution in [0.1, 0.15) is 6.42 Å². The molecule has 1 amide bonds. The highest BCUT2D eigenvalue weighted by Crippen LogP contribution is 2.16. The van der Waals surface area contributed by atoms with E-state index < -0.39 is 0 Å².